The van der Waals surface area contributed by atoms with Gasteiger partial charge in [-0.3, -0.25) is 9.89 Å². The molecule has 0 radical (unpaired) electrons. The van der Waals surface area contributed by atoms with Gasteiger partial charge in [0.25, 0.3) is 0 Å². The van der Waals surface area contributed by atoms with Gasteiger partial charge in [0.05, 0.1) is 30.6 Å². The molecule has 142 valence electrons. The highest BCUT2D eigenvalue weighted by Gasteiger charge is 2.16. The molecular weight excluding hydrogens is 358 g/mol. The van der Waals surface area contributed by atoms with Crippen LogP contribution in [0.15, 0.2) is 41.8 Å². The van der Waals surface area contributed by atoms with Crippen molar-refractivity contribution in [1.82, 2.24) is 10.2 Å². The van der Waals surface area contributed by atoms with Gasteiger partial charge >= 0.3 is 0 Å². The number of aromatic amines is 1. The third-order valence-electron chi connectivity index (χ3n) is 4.41. The van der Waals surface area contributed by atoms with E-state index in [9.17, 15) is 4.79 Å². The Labute approximate surface area is 163 Å². The molecule has 0 fully saturated rings. The molecule has 0 aliphatic heterocycles. The largest absolute Gasteiger partial charge is 0.497 e. The van der Waals surface area contributed by atoms with Gasteiger partial charge < -0.3 is 10.1 Å². The smallest absolute Gasteiger partial charge is 0.229 e. The van der Waals surface area contributed by atoms with Crippen LogP contribution in [0.4, 0.5) is 5.69 Å². The second-order valence-corrected chi connectivity index (χ2v) is 7.46. The van der Waals surface area contributed by atoms with Crippen molar-refractivity contribution in [3.8, 4) is 5.75 Å². The van der Waals surface area contributed by atoms with Crippen molar-refractivity contribution in [3.05, 3.63) is 63.6 Å². The highest BCUT2D eigenvalue weighted by molar-refractivity contribution is 7.10. The Hall–Kier alpha value is -2.60. The lowest BCUT2D eigenvalue weighted by Gasteiger charge is -2.08. The van der Waals surface area contributed by atoms with E-state index in [-0.39, 0.29) is 5.91 Å². The van der Waals surface area contributed by atoms with Crippen LogP contribution in [0.25, 0.3) is 0 Å². The maximum Gasteiger partial charge on any atom is 0.229 e. The van der Waals surface area contributed by atoms with Crippen molar-refractivity contribution in [2.75, 3.05) is 12.4 Å². The second kappa shape index (κ2) is 9.37. The summed E-state index contributed by atoms with van der Waals surface area (Å²) < 4.78 is 5.20. The number of rotatable bonds is 9. The zero-order valence-corrected chi connectivity index (χ0v) is 16.6. The van der Waals surface area contributed by atoms with E-state index in [0.717, 1.165) is 53.4 Å². The molecule has 0 atom stereocenters. The summed E-state index contributed by atoms with van der Waals surface area (Å²) in [6, 6.07) is 12.0. The fourth-order valence-corrected chi connectivity index (χ4v) is 3.69. The number of thiophene rings is 1. The van der Waals surface area contributed by atoms with Crippen LogP contribution in [-0.4, -0.2) is 23.2 Å². The number of hydrogen-bond acceptors (Lipinski definition) is 4. The number of carbonyl (C=O) groups is 1. The lowest BCUT2D eigenvalue weighted by atomic mass is 10.1. The van der Waals surface area contributed by atoms with Crippen LogP contribution >= 0.6 is 11.3 Å². The molecule has 3 rings (SSSR count). The topological polar surface area (TPSA) is 67.0 Å². The number of H-pyrrole nitrogens is 1. The number of anilines is 1. The van der Waals surface area contributed by atoms with Gasteiger partial charge in [0.2, 0.25) is 5.91 Å². The van der Waals surface area contributed by atoms with E-state index in [1.54, 1.807) is 18.4 Å². The van der Waals surface area contributed by atoms with Gasteiger partial charge in [-0.2, -0.15) is 5.10 Å². The third kappa shape index (κ3) is 5.20. The molecule has 0 aliphatic carbocycles. The molecule has 0 saturated heterocycles. The Bertz CT molecular complexity index is 854. The summed E-state index contributed by atoms with van der Waals surface area (Å²) in [6.07, 6.45) is 3.87. The van der Waals surface area contributed by atoms with Crippen LogP contribution in [-0.2, 0) is 30.5 Å². The average Bonchev–Trinajstić information content (AvgIpc) is 3.31. The molecule has 27 heavy (non-hydrogen) atoms. The van der Waals surface area contributed by atoms with Crippen molar-refractivity contribution in [3.63, 3.8) is 0 Å². The number of hydrogen-bond donors (Lipinski definition) is 2. The van der Waals surface area contributed by atoms with Gasteiger partial charge in [-0.15, -0.1) is 11.3 Å². The molecule has 0 spiro atoms. The van der Waals surface area contributed by atoms with Crippen LogP contribution in [0.3, 0.4) is 0 Å². The van der Waals surface area contributed by atoms with E-state index in [1.807, 2.05) is 29.6 Å². The lowest BCUT2D eigenvalue weighted by Crippen LogP contribution is -2.16. The molecular formula is C21H25N3O2S. The third-order valence-corrected chi connectivity index (χ3v) is 5.28. The van der Waals surface area contributed by atoms with Crippen LogP contribution < -0.4 is 10.1 Å². The molecule has 0 bridgehead atoms. The molecule has 3 aromatic rings. The molecule has 2 N–H and O–H groups in total. The summed E-state index contributed by atoms with van der Waals surface area (Å²) in [7, 11) is 1.67. The summed E-state index contributed by atoms with van der Waals surface area (Å²) in [4.78, 5) is 13.5. The van der Waals surface area contributed by atoms with E-state index >= 15 is 0 Å². The Kier molecular flexibility index (Phi) is 6.65. The Balaban J connectivity index is 1.69. The molecule has 2 aromatic heterocycles. The molecule has 0 unspecified atom stereocenters. The number of aryl methyl sites for hydroxylation is 3. The monoisotopic (exact) mass is 383 g/mol. The predicted octanol–water partition coefficient (Wildman–Crippen LogP) is 4.40. The van der Waals surface area contributed by atoms with E-state index in [2.05, 4.69) is 34.6 Å². The first kappa shape index (κ1) is 19.2. The number of ether oxygens (including phenoxy) is 1. The van der Waals surface area contributed by atoms with Crippen molar-refractivity contribution >= 4 is 22.9 Å². The predicted molar refractivity (Wildman–Crippen MR) is 110 cm³/mol. The lowest BCUT2D eigenvalue weighted by molar-refractivity contribution is -0.115. The van der Waals surface area contributed by atoms with E-state index in [1.165, 1.54) is 5.56 Å². The number of aromatic nitrogens is 2. The van der Waals surface area contributed by atoms with Crippen LogP contribution in [0, 0.1) is 0 Å². The minimum Gasteiger partial charge on any atom is -0.497 e. The van der Waals surface area contributed by atoms with Crippen LogP contribution in [0.2, 0.25) is 0 Å². The van der Waals surface area contributed by atoms with Gasteiger partial charge in [0.15, 0.2) is 0 Å². The van der Waals surface area contributed by atoms with Gasteiger partial charge in [0.1, 0.15) is 5.75 Å². The highest BCUT2D eigenvalue weighted by atomic mass is 32.1. The molecule has 0 aliphatic rings. The summed E-state index contributed by atoms with van der Waals surface area (Å²) >= 11 is 1.60. The SMILES string of the molecule is CCCc1[nH]nc(CCc2ccc(OC)cc2)c1NC(=O)Cc1cccs1. The summed E-state index contributed by atoms with van der Waals surface area (Å²) in [5, 5.41) is 12.7. The number of nitrogens with zero attached hydrogens (tertiary/aromatic N) is 1. The van der Waals surface area contributed by atoms with E-state index in [4.69, 9.17) is 4.74 Å². The average molecular weight is 384 g/mol. The van der Waals surface area contributed by atoms with E-state index in [0.29, 0.717) is 6.42 Å². The second-order valence-electron chi connectivity index (χ2n) is 6.43. The van der Waals surface area contributed by atoms with Crippen LogP contribution in [0.5, 0.6) is 5.75 Å². The summed E-state index contributed by atoms with van der Waals surface area (Å²) in [5.41, 5.74) is 3.98. The Morgan fingerprint density at radius 1 is 1.19 bits per heavy atom. The normalized spacial score (nSPS) is 10.7. The van der Waals surface area contributed by atoms with Crippen molar-refractivity contribution in [2.24, 2.45) is 0 Å². The molecule has 6 heteroatoms. The highest BCUT2D eigenvalue weighted by Crippen LogP contribution is 2.23. The first-order chi connectivity index (χ1) is 13.2. The van der Waals surface area contributed by atoms with Crippen LogP contribution in [0.1, 0.15) is 35.2 Å². The summed E-state index contributed by atoms with van der Waals surface area (Å²) in [6.45, 7) is 2.12. The first-order valence-electron chi connectivity index (χ1n) is 9.21. The standard InChI is InChI=1S/C21H25N3O2S/c1-3-5-18-21(22-20(25)14-17-6-4-13-27-17)19(24-23-18)12-9-15-7-10-16(26-2)11-8-15/h4,6-8,10-11,13H,3,5,9,12,14H2,1-2H3,(H,22,25)(H,23,24). The quantitative estimate of drug-likeness (QED) is 0.575. The zero-order valence-electron chi connectivity index (χ0n) is 15.7. The maximum atomic E-state index is 12.5. The molecule has 1 aromatic carbocycles. The van der Waals surface area contributed by atoms with Gasteiger partial charge in [-0.05, 0) is 48.4 Å². The fourth-order valence-electron chi connectivity index (χ4n) is 2.99. The minimum atomic E-state index is 0.00176. The zero-order chi connectivity index (χ0) is 19.1. The number of carbonyl (C=O) groups excluding carboxylic acids is 1. The molecule has 5 nitrogen and oxygen atoms in total. The Morgan fingerprint density at radius 2 is 2.00 bits per heavy atom. The van der Waals surface area contributed by atoms with Crippen molar-refractivity contribution in [1.29, 1.82) is 0 Å². The van der Waals surface area contributed by atoms with Crippen molar-refractivity contribution < 1.29 is 9.53 Å². The molecule has 1 amide bonds. The fraction of sp³-hybridized carbons (Fsp3) is 0.333. The van der Waals surface area contributed by atoms with Crippen molar-refractivity contribution in [2.45, 2.75) is 39.0 Å². The molecule has 0 saturated carbocycles. The number of benzene rings is 1. The minimum absolute atomic E-state index is 0.00176. The maximum absolute atomic E-state index is 12.5. The van der Waals surface area contributed by atoms with Gasteiger partial charge in [-0.1, -0.05) is 31.5 Å². The number of nitrogens with one attached hydrogen (secondary N) is 2. The number of amides is 1. The summed E-state index contributed by atoms with van der Waals surface area (Å²) in [5.74, 6) is 0.854. The number of methoxy groups -OCH3 is 1. The van der Waals surface area contributed by atoms with Gasteiger partial charge in [-0.25, -0.2) is 0 Å². The molecule has 2 heterocycles. The first-order valence-corrected chi connectivity index (χ1v) is 10.1. The Morgan fingerprint density at radius 3 is 2.67 bits per heavy atom. The van der Waals surface area contributed by atoms with Gasteiger partial charge in [0, 0.05) is 4.88 Å². The van der Waals surface area contributed by atoms with E-state index < -0.39 is 0 Å².